The van der Waals surface area contributed by atoms with Crippen LogP contribution in [-0.2, 0) is 26.2 Å². The quantitative estimate of drug-likeness (QED) is 0.862. The molecule has 5 heteroatoms. The molecule has 0 amide bonds. The zero-order valence-electron chi connectivity index (χ0n) is 12.2. The van der Waals surface area contributed by atoms with E-state index in [2.05, 4.69) is 5.32 Å². The summed E-state index contributed by atoms with van der Waals surface area (Å²) in [5.41, 5.74) is 0.831. The Morgan fingerprint density at radius 3 is 3.14 bits per heavy atom. The number of hydrogen-bond acceptors (Lipinski definition) is 4. The van der Waals surface area contributed by atoms with E-state index in [-0.39, 0.29) is 17.9 Å². The molecule has 114 valence electrons. The van der Waals surface area contributed by atoms with Gasteiger partial charge in [0, 0.05) is 13.2 Å². The van der Waals surface area contributed by atoms with Gasteiger partial charge in [-0.25, -0.2) is 9.18 Å². The van der Waals surface area contributed by atoms with Crippen molar-refractivity contribution in [2.45, 2.75) is 37.3 Å². The predicted molar refractivity (Wildman–Crippen MR) is 75.4 cm³/mol. The molecular formula is C16H20FNO3. The van der Waals surface area contributed by atoms with Crippen LogP contribution in [0.2, 0.25) is 0 Å². The highest BCUT2D eigenvalue weighted by molar-refractivity contribution is 5.84. The lowest BCUT2D eigenvalue weighted by Crippen LogP contribution is -2.50. The molecule has 1 aliphatic heterocycles. The Morgan fingerprint density at radius 1 is 1.57 bits per heavy atom. The van der Waals surface area contributed by atoms with E-state index in [1.54, 1.807) is 6.07 Å². The third-order valence-corrected chi connectivity index (χ3v) is 4.49. The number of halogens is 1. The van der Waals surface area contributed by atoms with Gasteiger partial charge in [0.2, 0.25) is 0 Å². The Bertz CT molecular complexity index is 542. The first-order valence-electron chi connectivity index (χ1n) is 7.40. The zero-order chi connectivity index (χ0) is 14.9. The average molecular weight is 293 g/mol. The van der Waals surface area contributed by atoms with Crippen LogP contribution in [0, 0.1) is 5.82 Å². The monoisotopic (exact) mass is 293 g/mol. The molecule has 0 radical (unpaired) electrons. The van der Waals surface area contributed by atoms with Crippen LogP contribution in [0.3, 0.4) is 0 Å². The van der Waals surface area contributed by atoms with E-state index in [9.17, 15) is 9.18 Å². The second kappa shape index (κ2) is 5.73. The highest BCUT2D eigenvalue weighted by Gasteiger charge is 2.46. The Morgan fingerprint density at radius 2 is 2.43 bits per heavy atom. The molecule has 2 aliphatic rings. The number of hydrogen-bond donors (Lipinski definition) is 1. The van der Waals surface area contributed by atoms with Crippen LogP contribution in [0.1, 0.15) is 30.4 Å². The standard InChI is InChI=1S/C16H20FNO3/c1-20-15(19)16(18-10-13-3-2-8-21-13)7-6-11-9-12(17)4-5-14(11)16/h4-5,9,13,18H,2-3,6-8,10H2,1H3. The van der Waals surface area contributed by atoms with Crippen LogP contribution in [-0.4, -0.2) is 32.3 Å². The summed E-state index contributed by atoms with van der Waals surface area (Å²) in [7, 11) is 1.39. The van der Waals surface area contributed by atoms with Gasteiger partial charge in [0.25, 0.3) is 0 Å². The Kier molecular flexibility index (Phi) is 3.95. The number of rotatable bonds is 4. The van der Waals surface area contributed by atoms with E-state index in [4.69, 9.17) is 9.47 Å². The van der Waals surface area contributed by atoms with E-state index in [0.717, 1.165) is 30.6 Å². The lowest BCUT2D eigenvalue weighted by molar-refractivity contribution is -0.149. The first-order valence-corrected chi connectivity index (χ1v) is 7.40. The Labute approximate surface area is 123 Å². The van der Waals surface area contributed by atoms with E-state index in [1.165, 1.54) is 19.2 Å². The Balaban J connectivity index is 1.87. The van der Waals surface area contributed by atoms with Crippen LogP contribution in [0.25, 0.3) is 0 Å². The SMILES string of the molecule is COC(=O)C1(NCC2CCCO2)CCc2cc(F)ccc21. The fourth-order valence-corrected chi connectivity index (χ4v) is 3.38. The molecule has 2 atom stereocenters. The van der Waals surface area contributed by atoms with Gasteiger partial charge < -0.3 is 9.47 Å². The molecule has 4 nitrogen and oxygen atoms in total. The van der Waals surface area contributed by atoms with Crippen molar-refractivity contribution < 1.29 is 18.7 Å². The van der Waals surface area contributed by atoms with Crippen LogP contribution in [0.15, 0.2) is 18.2 Å². The molecule has 0 saturated carbocycles. The summed E-state index contributed by atoms with van der Waals surface area (Å²) in [5.74, 6) is -0.584. The number of carbonyl (C=O) groups is 1. The summed E-state index contributed by atoms with van der Waals surface area (Å²) >= 11 is 0. The maximum atomic E-state index is 13.4. The first-order chi connectivity index (χ1) is 10.2. The van der Waals surface area contributed by atoms with Crippen LogP contribution >= 0.6 is 0 Å². The van der Waals surface area contributed by atoms with Crippen LogP contribution in [0.4, 0.5) is 4.39 Å². The van der Waals surface area contributed by atoms with E-state index >= 15 is 0 Å². The van der Waals surface area contributed by atoms with Gasteiger partial charge in [0.1, 0.15) is 11.4 Å². The van der Waals surface area contributed by atoms with Crippen molar-refractivity contribution in [2.24, 2.45) is 0 Å². The average Bonchev–Trinajstić information content (AvgIpc) is 3.12. The summed E-state index contributed by atoms with van der Waals surface area (Å²) in [6.45, 7) is 1.38. The van der Waals surface area contributed by atoms with Crippen molar-refractivity contribution in [1.82, 2.24) is 5.32 Å². The minimum atomic E-state index is -0.871. The maximum absolute atomic E-state index is 13.4. The minimum absolute atomic E-state index is 0.135. The molecular weight excluding hydrogens is 273 g/mol. The molecule has 1 aromatic carbocycles. The smallest absolute Gasteiger partial charge is 0.330 e. The summed E-state index contributed by atoms with van der Waals surface area (Å²) in [5, 5.41) is 3.34. The zero-order valence-corrected chi connectivity index (χ0v) is 12.2. The van der Waals surface area contributed by atoms with E-state index in [1.807, 2.05) is 0 Å². The largest absolute Gasteiger partial charge is 0.467 e. The van der Waals surface area contributed by atoms with Crippen LogP contribution in [0.5, 0.6) is 0 Å². The molecule has 0 spiro atoms. The topological polar surface area (TPSA) is 47.6 Å². The first kappa shape index (κ1) is 14.5. The molecule has 1 heterocycles. The van der Waals surface area contributed by atoms with Crippen molar-refractivity contribution >= 4 is 5.97 Å². The van der Waals surface area contributed by atoms with Gasteiger partial charge in [-0.05, 0) is 48.9 Å². The van der Waals surface area contributed by atoms with Crippen molar-refractivity contribution in [1.29, 1.82) is 0 Å². The lowest BCUT2D eigenvalue weighted by Gasteiger charge is -2.30. The predicted octanol–water partition coefficient (Wildman–Crippen LogP) is 1.91. The van der Waals surface area contributed by atoms with Crippen molar-refractivity contribution in [3.8, 4) is 0 Å². The number of methoxy groups -OCH3 is 1. The molecule has 1 N–H and O–H groups in total. The number of aryl methyl sites for hydroxylation is 1. The van der Waals surface area contributed by atoms with Crippen molar-refractivity contribution in [3.05, 3.63) is 35.1 Å². The lowest BCUT2D eigenvalue weighted by atomic mass is 9.91. The number of fused-ring (bicyclic) bond motifs is 1. The van der Waals surface area contributed by atoms with E-state index < -0.39 is 5.54 Å². The molecule has 0 aromatic heterocycles. The summed E-state index contributed by atoms with van der Waals surface area (Å²) in [4.78, 5) is 12.4. The van der Waals surface area contributed by atoms with Gasteiger partial charge >= 0.3 is 5.97 Å². The number of benzene rings is 1. The summed E-state index contributed by atoms with van der Waals surface area (Å²) < 4.78 is 24.0. The molecule has 1 saturated heterocycles. The molecule has 3 rings (SSSR count). The number of ether oxygens (including phenoxy) is 2. The van der Waals surface area contributed by atoms with Gasteiger partial charge in [-0.1, -0.05) is 6.07 Å². The van der Waals surface area contributed by atoms with Gasteiger partial charge in [-0.3, -0.25) is 5.32 Å². The summed E-state index contributed by atoms with van der Waals surface area (Å²) in [6, 6.07) is 4.60. The number of carbonyl (C=O) groups excluding carboxylic acids is 1. The van der Waals surface area contributed by atoms with Gasteiger partial charge in [0.05, 0.1) is 13.2 Å². The molecule has 1 fully saturated rings. The fourth-order valence-electron chi connectivity index (χ4n) is 3.38. The highest BCUT2D eigenvalue weighted by Crippen LogP contribution is 2.38. The van der Waals surface area contributed by atoms with Crippen molar-refractivity contribution in [3.63, 3.8) is 0 Å². The molecule has 21 heavy (non-hydrogen) atoms. The third kappa shape index (κ3) is 2.56. The Hall–Kier alpha value is -1.46. The fraction of sp³-hybridized carbons (Fsp3) is 0.562. The van der Waals surface area contributed by atoms with Crippen LogP contribution < -0.4 is 5.32 Å². The van der Waals surface area contributed by atoms with Gasteiger partial charge in [-0.2, -0.15) is 0 Å². The second-order valence-corrected chi connectivity index (χ2v) is 5.71. The number of nitrogens with one attached hydrogen (secondary N) is 1. The minimum Gasteiger partial charge on any atom is -0.467 e. The third-order valence-electron chi connectivity index (χ3n) is 4.49. The molecule has 0 bridgehead atoms. The highest BCUT2D eigenvalue weighted by atomic mass is 19.1. The van der Waals surface area contributed by atoms with Gasteiger partial charge in [-0.15, -0.1) is 0 Å². The van der Waals surface area contributed by atoms with E-state index in [0.29, 0.717) is 19.4 Å². The van der Waals surface area contributed by atoms with Crippen molar-refractivity contribution in [2.75, 3.05) is 20.3 Å². The number of esters is 1. The van der Waals surface area contributed by atoms with Gasteiger partial charge in [0.15, 0.2) is 0 Å². The second-order valence-electron chi connectivity index (χ2n) is 5.71. The summed E-state index contributed by atoms with van der Waals surface area (Å²) in [6.07, 6.45) is 3.45. The molecule has 1 aliphatic carbocycles. The molecule has 1 aromatic rings. The normalized spacial score (nSPS) is 27.6. The molecule has 2 unspecified atom stereocenters. The maximum Gasteiger partial charge on any atom is 0.330 e.